The molecule has 0 aliphatic carbocycles. The number of nitrogens with zero attached hydrogens (tertiary/aromatic N) is 2. The number of methoxy groups -OCH3 is 1. The van der Waals surface area contributed by atoms with Crippen LogP contribution in [-0.2, 0) is 17.7 Å². The van der Waals surface area contributed by atoms with E-state index in [1.54, 1.807) is 37.3 Å². The van der Waals surface area contributed by atoms with E-state index in [-0.39, 0.29) is 25.2 Å². The molecule has 2 unspecified atom stereocenters. The molecular weight excluding hydrogens is 494 g/mol. The Bertz CT molecular complexity index is 1560. The Morgan fingerprint density at radius 2 is 1.90 bits per heavy atom. The molecule has 8 heteroatoms. The van der Waals surface area contributed by atoms with Crippen LogP contribution in [0.2, 0.25) is 0 Å². The first kappa shape index (κ1) is 26.7. The van der Waals surface area contributed by atoms with Crippen molar-refractivity contribution >= 4 is 16.7 Å². The lowest BCUT2D eigenvalue weighted by molar-refractivity contribution is 0.0396. The summed E-state index contributed by atoms with van der Waals surface area (Å²) in [7, 11) is 1.52. The molecule has 3 heterocycles. The van der Waals surface area contributed by atoms with E-state index in [1.165, 1.54) is 7.11 Å². The highest BCUT2D eigenvalue weighted by Gasteiger charge is 2.38. The molecule has 0 radical (unpaired) electrons. The van der Waals surface area contributed by atoms with Gasteiger partial charge in [-0.15, -0.1) is 0 Å². The number of aliphatic hydroxyl groups is 2. The Labute approximate surface area is 227 Å². The summed E-state index contributed by atoms with van der Waals surface area (Å²) in [5, 5.41) is 21.7. The summed E-state index contributed by atoms with van der Waals surface area (Å²) in [6.45, 7) is 5.70. The Morgan fingerprint density at radius 1 is 1.15 bits per heavy atom. The topological polar surface area (TPSA) is 128 Å². The van der Waals surface area contributed by atoms with Crippen molar-refractivity contribution in [2.24, 2.45) is 5.73 Å². The van der Waals surface area contributed by atoms with Crippen LogP contribution in [0, 0.1) is 6.92 Å². The summed E-state index contributed by atoms with van der Waals surface area (Å²) in [5.41, 5.74) is 9.78. The number of aromatic nitrogens is 2. The second kappa shape index (κ2) is 10.0. The van der Waals surface area contributed by atoms with Crippen LogP contribution in [0.25, 0.3) is 22.2 Å². The Hall–Kier alpha value is -3.85. The second-order valence-corrected chi connectivity index (χ2v) is 10.7. The van der Waals surface area contributed by atoms with Gasteiger partial charge in [0.25, 0.3) is 0 Å². The Balaban J connectivity index is 1.45. The van der Waals surface area contributed by atoms with Gasteiger partial charge in [-0.2, -0.15) is 0 Å². The van der Waals surface area contributed by atoms with Crippen molar-refractivity contribution < 1.29 is 24.5 Å². The average Bonchev–Trinajstić information content (AvgIpc) is 3.25. The predicted octanol–water partition coefficient (Wildman–Crippen LogP) is 4.54. The van der Waals surface area contributed by atoms with Gasteiger partial charge in [0.1, 0.15) is 29.2 Å². The monoisotopic (exact) mass is 527 g/mol. The lowest BCUT2D eigenvalue weighted by Crippen LogP contribution is -2.35. The Kier molecular flexibility index (Phi) is 6.88. The molecule has 39 heavy (non-hydrogen) atoms. The largest absolute Gasteiger partial charge is 0.494 e. The summed E-state index contributed by atoms with van der Waals surface area (Å²) in [6, 6.07) is 16.7. The van der Waals surface area contributed by atoms with E-state index in [0.29, 0.717) is 46.3 Å². The fourth-order valence-electron chi connectivity index (χ4n) is 4.86. The van der Waals surface area contributed by atoms with Crippen LogP contribution in [0.4, 0.5) is 0 Å². The van der Waals surface area contributed by atoms with Gasteiger partial charge in [0.2, 0.25) is 0 Å². The van der Waals surface area contributed by atoms with Gasteiger partial charge in [0, 0.05) is 28.5 Å². The van der Waals surface area contributed by atoms with Crippen molar-refractivity contribution in [3.63, 3.8) is 0 Å². The molecule has 5 rings (SSSR count). The summed E-state index contributed by atoms with van der Waals surface area (Å²) < 4.78 is 11.4. The molecule has 4 N–H and O–H groups in total. The minimum atomic E-state index is -1.40. The third-order valence-electron chi connectivity index (χ3n) is 7.34. The van der Waals surface area contributed by atoms with Crippen molar-refractivity contribution in [3.8, 4) is 22.8 Å². The average molecular weight is 528 g/mol. The van der Waals surface area contributed by atoms with E-state index in [0.717, 1.165) is 22.1 Å². The number of aryl methyl sites for hydroxylation is 1. The quantitative estimate of drug-likeness (QED) is 0.285. The standard InChI is InChI=1S/C31H33N3O5/c1-18-5-7-19(8-6-18)28-29-23(30(2,32)17-39-29)15-26(34-28)31(3,37)12-11-24(36)21-13-20-9-10-22(16-35)33-27(20)25(14-21)38-4/h5-10,13-15,35,37H,11-12,16-17,32H2,1-4H3. The fourth-order valence-corrected chi connectivity index (χ4v) is 4.86. The molecule has 1 aliphatic rings. The summed E-state index contributed by atoms with van der Waals surface area (Å²) in [4.78, 5) is 22.5. The number of rotatable bonds is 8. The minimum absolute atomic E-state index is 0.0822. The van der Waals surface area contributed by atoms with Crippen LogP contribution in [0.15, 0.2) is 54.6 Å². The third kappa shape index (κ3) is 5.11. The van der Waals surface area contributed by atoms with Crippen LogP contribution >= 0.6 is 0 Å². The number of hydrogen-bond acceptors (Lipinski definition) is 8. The number of benzene rings is 2. The molecule has 4 aromatic rings. The molecule has 0 saturated carbocycles. The van der Waals surface area contributed by atoms with Crippen molar-refractivity contribution in [2.45, 2.75) is 51.4 Å². The number of carbonyl (C=O) groups is 1. The number of Topliss-reactive ketones (excluding diaryl/α,β-unsaturated/α-hetero) is 1. The fraction of sp³-hybridized carbons (Fsp3) is 0.323. The molecule has 0 amide bonds. The number of nitrogens with two attached hydrogens (primary N) is 1. The predicted molar refractivity (Wildman–Crippen MR) is 149 cm³/mol. The third-order valence-corrected chi connectivity index (χ3v) is 7.34. The molecule has 202 valence electrons. The first-order chi connectivity index (χ1) is 18.5. The molecule has 8 nitrogen and oxygen atoms in total. The zero-order valence-corrected chi connectivity index (χ0v) is 22.6. The van der Waals surface area contributed by atoms with Gasteiger partial charge in [0.05, 0.1) is 30.6 Å². The molecule has 1 aliphatic heterocycles. The number of fused-ring (bicyclic) bond motifs is 2. The molecule has 2 atom stereocenters. The van der Waals surface area contributed by atoms with Gasteiger partial charge >= 0.3 is 0 Å². The number of ketones is 1. The second-order valence-electron chi connectivity index (χ2n) is 10.7. The highest BCUT2D eigenvalue weighted by atomic mass is 16.5. The van der Waals surface area contributed by atoms with Crippen LogP contribution in [0.3, 0.4) is 0 Å². The Morgan fingerprint density at radius 3 is 2.59 bits per heavy atom. The van der Waals surface area contributed by atoms with Gasteiger partial charge in [0.15, 0.2) is 11.5 Å². The molecule has 0 saturated heterocycles. The van der Waals surface area contributed by atoms with Gasteiger partial charge in [-0.3, -0.25) is 4.79 Å². The van der Waals surface area contributed by atoms with E-state index >= 15 is 0 Å². The lowest BCUT2D eigenvalue weighted by Gasteiger charge is -2.25. The normalized spacial score (nSPS) is 17.9. The molecule has 0 bridgehead atoms. The zero-order chi connectivity index (χ0) is 27.9. The first-order valence-electron chi connectivity index (χ1n) is 12.9. The summed E-state index contributed by atoms with van der Waals surface area (Å²) in [6.07, 6.45) is 0.230. The van der Waals surface area contributed by atoms with E-state index < -0.39 is 11.1 Å². The smallest absolute Gasteiger partial charge is 0.163 e. The van der Waals surface area contributed by atoms with Gasteiger partial charge in [-0.1, -0.05) is 35.9 Å². The number of aliphatic hydroxyl groups excluding tert-OH is 1. The number of carbonyl (C=O) groups excluding carboxylic acids is 1. The van der Waals surface area contributed by atoms with Crippen molar-refractivity contribution in [1.29, 1.82) is 0 Å². The summed E-state index contributed by atoms with van der Waals surface area (Å²) >= 11 is 0. The SMILES string of the molecule is COc1cc(C(=O)CCC(C)(O)c2cc3c(c(-c4ccc(C)cc4)n2)OCC3(C)N)cc2ccc(CO)nc12. The molecule has 0 spiro atoms. The minimum Gasteiger partial charge on any atom is -0.494 e. The van der Waals surface area contributed by atoms with Gasteiger partial charge < -0.3 is 25.4 Å². The number of ether oxygens (including phenoxy) is 2. The maximum Gasteiger partial charge on any atom is 0.163 e. The van der Waals surface area contributed by atoms with Crippen LogP contribution < -0.4 is 15.2 Å². The van der Waals surface area contributed by atoms with E-state index in [9.17, 15) is 15.0 Å². The van der Waals surface area contributed by atoms with Gasteiger partial charge in [-0.05, 0) is 51.5 Å². The van der Waals surface area contributed by atoms with Crippen LogP contribution in [-0.4, -0.2) is 39.7 Å². The first-order valence-corrected chi connectivity index (χ1v) is 12.9. The number of hydrogen-bond donors (Lipinski definition) is 3. The van der Waals surface area contributed by atoms with Gasteiger partial charge in [-0.25, -0.2) is 9.97 Å². The van der Waals surface area contributed by atoms with E-state index in [1.807, 2.05) is 38.1 Å². The van der Waals surface area contributed by atoms with E-state index in [4.69, 9.17) is 20.2 Å². The maximum atomic E-state index is 13.3. The number of pyridine rings is 2. The van der Waals surface area contributed by atoms with Crippen LogP contribution in [0.5, 0.6) is 11.5 Å². The molecule has 2 aromatic carbocycles. The van der Waals surface area contributed by atoms with Crippen molar-refractivity contribution in [1.82, 2.24) is 9.97 Å². The van der Waals surface area contributed by atoms with E-state index in [2.05, 4.69) is 4.98 Å². The maximum absolute atomic E-state index is 13.3. The zero-order valence-electron chi connectivity index (χ0n) is 22.6. The highest BCUT2D eigenvalue weighted by Crippen LogP contribution is 2.44. The van der Waals surface area contributed by atoms with Crippen molar-refractivity contribution in [2.75, 3.05) is 13.7 Å². The molecular formula is C31H33N3O5. The highest BCUT2D eigenvalue weighted by molar-refractivity contribution is 6.01. The van der Waals surface area contributed by atoms with Crippen LogP contribution in [0.1, 0.15) is 59.6 Å². The molecule has 2 aromatic heterocycles. The summed E-state index contributed by atoms with van der Waals surface area (Å²) in [5.74, 6) is 0.928. The molecule has 0 fully saturated rings. The lowest BCUT2D eigenvalue weighted by atomic mass is 9.88. The van der Waals surface area contributed by atoms with Crippen molar-refractivity contribution in [3.05, 3.63) is 82.7 Å².